The van der Waals surface area contributed by atoms with Crippen LogP contribution in [0.25, 0.3) is 0 Å². The Morgan fingerprint density at radius 2 is 2.11 bits per heavy atom. The van der Waals surface area contributed by atoms with Gasteiger partial charge in [-0.05, 0) is 20.3 Å². The Kier molecular flexibility index (Phi) is 4.86. The lowest BCUT2D eigenvalue weighted by molar-refractivity contribution is 0.500. The van der Waals surface area contributed by atoms with Gasteiger partial charge in [0, 0.05) is 19.3 Å². The van der Waals surface area contributed by atoms with Crippen molar-refractivity contribution in [1.82, 2.24) is 20.1 Å². The number of nitrogens with one attached hydrogen (secondary N) is 1. The van der Waals surface area contributed by atoms with Crippen molar-refractivity contribution in [3.63, 3.8) is 0 Å². The molecule has 0 bridgehead atoms. The van der Waals surface area contributed by atoms with Crippen molar-refractivity contribution >= 4 is 9.84 Å². The third kappa shape index (κ3) is 3.78. The summed E-state index contributed by atoms with van der Waals surface area (Å²) in [6.45, 7) is 7.25. The van der Waals surface area contributed by atoms with Crippen LogP contribution in [0.15, 0.2) is 6.33 Å². The molecule has 0 aliphatic carbocycles. The normalized spacial score (nSPS) is 12.9. The van der Waals surface area contributed by atoms with Crippen molar-refractivity contribution in [1.29, 1.82) is 0 Å². The standard InChI is InChI=1S/C11H22N4O2S/c1-5-6-15-10(13-9-14-15)7-12-8-11(2,3)18(4,16)17/h9,12H,5-8H2,1-4H3. The van der Waals surface area contributed by atoms with E-state index in [4.69, 9.17) is 0 Å². The van der Waals surface area contributed by atoms with Gasteiger partial charge in [-0.2, -0.15) is 5.10 Å². The van der Waals surface area contributed by atoms with Gasteiger partial charge in [-0.15, -0.1) is 0 Å². The van der Waals surface area contributed by atoms with Gasteiger partial charge >= 0.3 is 0 Å². The van der Waals surface area contributed by atoms with E-state index in [1.165, 1.54) is 12.6 Å². The highest BCUT2D eigenvalue weighted by Crippen LogP contribution is 2.13. The van der Waals surface area contributed by atoms with E-state index in [-0.39, 0.29) is 0 Å². The molecular formula is C11H22N4O2S. The summed E-state index contributed by atoms with van der Waals surface area (Å²) in [5.74, 6) is 0.834. The SMILES string of the molecule is CCCn1ncnc1CNCC(C)(C)S(C)(=O)=O. The molecule has 1 heterocycles. The molecule has 0 radical (unpaired) electrons. The first kappa shape index (κ1) is 15.1. The molecule has 0 aliphatic rings. The maximum Gasteiger partial charge on any atom is 0.153 e. The van der Waals surface area contributed by atoms with Crippen LogP contribution in [0.1, 0.15) is 33.0 Å². The van der Waals surface area contributed by atoms with Gasteiger partial charge in [-0.25, -0.2) is 18.1 Å². The molecule has 1 N–H and O–H groups in total. The predicted molar refractivity (Wildman–Crippen MR) is 70.9 cm³/mol. The fourth-order valence-corrected chi connectivity index (χ4v) is 1.79. The first-order chi connectivity index (χ1) is 8.28. The van der Waals surface area contributed by atoms with Gasteiger partial charge in [0.25, 0.3) is 0 Å². The van der Waals surface area contributed by atoms with Gasteiger partial charge in [-0.3, -0.25) is 0 Å². The fraction of sp³-hybridized carbons (Fsp3) is 0.818. The zero-order valence-electron chi connectivity index (χ0n) is 11.5. The third-order valence-electron chi connectivity index (χ3n) is 2.97. The van der Waals surface area contributed by atoms with Crippen molar-refractivity contribution in [3.8, 4) is 0 Å². The average molecular weight is 274 g/mol. The highest BCUT2D eigenvalue weighted by molar-refractivity contribution is 7.92. The lowest BCUT2D eigenvalue weighted by atomic mass is 10.2. The van der Waals surface area contributed by atoms with Gasteiger partial charge in [0.2, 0.25) is 0 Å². The van der Waals surface area contributed by atoms with E-state index in [0.717, 1.165) is 18.8 Å². The lowest BCUT2D eigenvalue weighted by Crippen LogP contribution is -2.41. The smallest absolute Gasteiger partial charge is 0.153 e. The molecule has 0 saturated heterocycles. The van der Waals surface area contributed by atoms with Gasteiger partial charge in [0.15, 0.2) is 9.84 Å². The minimum absolute atomic E-state index is 0.394. The lowest BCUT2D eigenvalue weighted by Gasteiger charge is -2.22. The van der Waals surface area contributed by atoms with Gasteiger partial charge in [0.05, 0.1) is 11.3 Å². The van der Waals surface area contributed by atoms with Crippen LogP contribution in [0.5, 0.6) is 0 Å². The monoisotopic (exact) mass is 274 g/mol. The molecule has 104 valence electrons. The van der Waals surface area contributed by atoms with Crippen LogP contribution in [0, 0.1) is 0 Å². The van der Waals surface area contributed by atoms with Crippen LogP contribution in [-0.4, -0.2) is 40.7 Å². The molecule has 0 aliphatic heterocycles. The summed E-state index contributed by atoms with van der Waals surface area (Å²) in [7, 11) is -3.07. The Bertz CT molecular complexity index is 479. The molecule has 0 atom stereocenters. The first-order valence-electron chi connectivity index (χ1n) is 6.05. The molecule has 1 aromatic rings. The van der Waals surface area contributed by atoms with Crippen molar-refractivity contribution in [2.24, 2.45) is 0 Å². The Labute approximate surface area is 109 Å². The second kappa shape index (κ2) is 5.79. The molecular weight excluding hydrogens is 252 g/mol. The zero-order valence-corrected chi connectivity index (χ0v) is 12.3. The van der Waals surface area contributed by atoms with Crippen molar-refractivity contribution in [2.45, 2.75) is 45.0 Å². The van der Waals surface area contributed by atoms with E-state index in [1.54, 1.807) is 13.8 Å². The number of aromatic nitrogens is 3. The molecule has 0 unspecified atom stereocenters. The average Bonchev–Trinajstić information content (AvgIpc) is 2.64. The number of hydrogen-bond acceptors (Lipinski definition) is 5. The Morgan fingerprint density at radius 3 is 2.67 bits per heavy atom. The van der Waals surface area contributed by atoms with E-state index in [9.17, 15) is 8.42 Å². The molecule has 6 nitrogen and oxygen atoms in total. The molecule has 1 rings (SSSR count). The van der Waals surface area contributed by atoms with Crippen LogP contribution in [0.4, 0.5) is 0 Å². The Balaban J connectivity index is 2.54. The molecule has 0 saturated carbocycles. The summed E-state index contributed by atoms with van der Waals surface area (Å²) in [6, 6.07) is 0. The van der Waals surface area contributed by atoms with Gasteiger partial charge in [0.1, 0.15) is 12.2 Å². The summed E-state index contributed by atoms with van der Waals surface area (Å²) < 4.78 is 24.1. The molecule has 0 amide bonds. The molecule has 7 heteroatoms. The highest BCUT2D eigenvalue weighted by Gasteiger charge is 2.29. The summed E-state index contributed by atoms with van der Waals surface area (Å²) in [5, 5.41) is 7.25. The van der Waals surface area contributed by atoms with Crippen LogP contribution in [0.3, 0.4) is 0 Å². The van der Waals surface area contributed by atoms with E-state index in [1.807, 2.05) is 4.68 Å². The fourth-order valence-electron chi connectivity index (χ4n) is 1.43. The van der Waals surface area contributed by atoms with E-state index in [0.29, 0.717) is 13.1 Å². The predicted octanol–water partition coefficient (Wildman–Crippen LogP) is 0.601. The van der Waals surface area contributed by atoms with Crippen LogP contribution >= 0.6 is 0 Å². The van der Waals surface area contributed by atoms with E-state index in [2.05, 4.69) is 22.3 Å². The minimum Gasteiger partial charge on any atom is -0.308 e. The largest absolute Gasteiger partial charge is 0.308 e. The summed E-state index contributed by atoms with van der Waals surface area (Å²) >= 11 is 0. The van der Waals surface area contributed by atoms with Crippen molar-refractivity contribution in [3.05, 3.63) is 12.2 Å². The molecule has 1 aromatic heterocycles. The second-order valence-electron chi connectivity index (χ2n) is 5.03. The van der Waals surface area contributed by atoms with Gasteiger partial charge < -0.3 is 5.32 Å². The summed E-state index contributed by atoms with van der Waals surface area (Å²) in [6.07, 6.45) is 3.77. The Hall–Kier alpha value is -0.950. The van der Waals surface area contributed by atoms with Gasteiger partial charge in [-0.1, -0.05) is 6.92 Å². The number of hydrogen-bond donors (Lipinski definition) is 1. The topological polar surface area (TPSA) is 76.9 Å². The quantitative estimate of drug-likeness (QED) is 0.788. The minimum atomic E-state index is -3.07. The van der Waals surface area contributed by atoms with Crippen molar-refractivity contribution < 1.29 is 8.42 Å². The number of sulfone groups is 1. The molecule has 0 fully saturated rings. The van der Waals surface area contributed by atoms with Crippen molar-refractivity contribution in [2.75, 3.05) is 12.8 Å². The zero-order chi connectivity index (χ0) is 13.8. The Morgan fingerprint density at radius 1 is 1.44 bits per heavy atom. The van der Waals surface area contributed by atoms with Crippen LogP contribution in [0.2, 0.25) is 0 Å². The number of aryl methyl sites for hydroxylation is 1. The molecule has 0 aromatic carbocycles. The first-order valence-corrected chi connectivity index (χ1v) is 7.94. The van der Waals surface area contributed by atoms with E-state index >= 15 is 0 Å². The highest BCUT2D eigenvalue weighted by atomic mass is 32.2. The number of nitrogens with zero attached hydrogens (tertiary/aromatic N) is 3. The molecule has 18 heavy (non-hydrogen) atoms. The van der Waals surface area contributed by atoms with Crippen LogP contribution in [-0.2, 0) is 22.9 Å². The second-order valence-corrected chi connectivity index (χ2v) is 7.68. The summed E-state index contributed by atoms with van der Waals surface area (Å²) in [4.78, 5) is 4.16. The summed E-state index contributed by atoms with van der Waals surface area (Å²) in [5.41, 5.74) is 0. The maximum atomic E-state index is 11.5. The molecule has 0 spiro atoms. The number of rotatable bonds is 7. The maximum absolute atomic E-state index is 11.5. The van der Waals surface area contributed by atoms with E-state index < -0.39 is 14.6 Å². The van der Waals surface area contributed by atoms with Crippen LogP contribution < -0.4 is 5.32 Å². The third-order valence-corrected chi connectivity index (χ3v) is 5.12.